The van der Waals surface area contributed by atoms with Gasteiger partial charge in [-0.25, -0.2) is 4.79 Å². The number of ketones is 1. The van der Waals surface area contributed by atoms with Crippen molar-refractivity contribution in [3.8, 4) is 6.07 Å². The van der Waals surface area contributed by atoms with E-state index in [-0.39, 0.29) is 16.2 Å². The molecule has 2 aromatic carbocycles. The first-order valence-electron chi connectivity index (χ1n) is 7.72. The van der Waals surface area contributed by atoms with Crippen LogP contribution in [-0.4, -0.2) is 25.4 Å². The maximum atomic E-state index is 12.5. The van der Waals surface area contributed by atoms with Gasteiger partial charge < -0.3 is 9.64 Å². The van der Waals surface area contributed by atoms with Crippen LogP contribution in [0.4, 0.5) is 5.69 Å². The highest BCUT2D eigenvalue weighted by atomic mass is 79.9. The number of para-hydroxylation sites is 1. The molecule has 1 aliphatic rings. The normalized spacial score (nSPS) is 14.4. The third kappa shape index (κ3) is 4.03. The molecule has 0 bridgehead atoms. The fourth-order valence-corrected chi connectivity index (χ4v) is 4.20. The molecule has 136 valence electrons. The number of hydrogen-bond acceptors (Lipinski definition) is 6. The Kier molecular flexibility index (Phi) is 5.90. The third-order valence-corrected chi connectivity index (χ3v) is 5.88. The number of nitrogens with zero attached hydrogens (tertiary/aromatic N) is 2. The number of nitriles is 1. The fourth-order valence-electron chi connectivity index (χ4n) is 2.49. The first-order valence-corrected chi connectivity index (χ1v) is 9.71. The van der Waals surface area contributed by atoms with E-state index in [4.69, 9.17) is 16.3 Å². The molecule has 0 aromatic heterocycles. The number of fused-ring (bicyclic) bond motifs is 1. The van der Waals surface area contributed by atoms with Gasteiger partial charge in [-0.05, 0) is 30.3 Å². The standard InChI is InChI=1S/C19H12BrClN2O3S/c1-23-15-4-2-3-5-17(15)27-18(23)13(9-22)16(24)10-26-19(25)12-8-11(20)6-7-14(12)21/h2-8H,10H2,1H3/b18-13-. The summed E-state index contributed by atoms with van der Waals surface area (Å²) in [6.45, 7) is -0.543. The average Bonchev–Trinajstić information content (AvgIpc) is 2.99. The molecule has 0 saturated carbocycles. The third-order valence-electron chi connectivity index (χ3n) is 3.83. The van der Waals surface area contributed by atoms with Gasteiger partial charge in [0.15, 0.2) is 6.61 Å². The lowest BCUT2D eigenvalue weighted by Gasteiger charge is -2.14. The van der Waals surface area contributed by atoms with Crippen molar-refractivity contribution in [1.82, 2.24) is 0 Å². The van der Waals surface area contributed by atoms with Gasteiger partial charge in [-0.3, -0.25) is 4.79 Å². The first-order chi connectivity index (χ1) is 12.9. The first kappa shape index (κ1) is 19.5. The highest BCUT2D eigenvalue weighted by Crippen LogP contribution is 2.46. The lowest BCUT2D eigenvalue weighted by atomic mass is 10.2. The van der Waals surface area contributed by atoms with E-state index in [0.29, 0.717) is 9.50 Å². The number of rotatable bonds is 4. The Morgan fingerprint density at radius 2 is 2.04 bits per heavy atom. The van der Waals surface area contributed by atoms with Crippen LogP contribution in [0.1, 0.15) is 10.4 Å². The molecule has 0 atom stereocenters. The Bertz CT molecular complexity index is 1020. The molecule has 2 aromatic rings. The molecular formula is C19H12BrClN2O3S. The molecule has 0 saturated heterocycles. The Hall–Kier alpha value is -2.27. The molecule has 1 aliphatic heterocycles. The van der Waals surface area contributed by atoms with Gasteiger partial charge in [0.05, 0.1) is 16.3 Å². The van der Waals surface area contributed by atoms with Gasteiger partial charge in [0.25, 0.3) is 0 Å². The molecule has 0 unspecified atom stereocenters. The summed E-state index contributed by atoms with van der Waals surface area (Å²) in [5.74, 6) is -1.30. The number of hydrogen-bond donors (Lipinski definition) is 0. The zero-order chi connectivity index (χ0) is 19.6. The van der Waals surface area contributed by atoms with Gasteiger partial charge in [-0.15, -0.1) is 0 Å². The second kappa shape index (κ2) is 8.17. The van der Waals surface area contributed by atoms with E-state index in [1.807, 2.05) is 30.3 Å². The van der Waals surface area contributed by atoms with E-state index in [0.717, 1.165) is 10.6 Å². The second-order valence-electron chi connectivity index (χ2n) is 5.54. The zero-order valence-electron chi connectivity index (χ0n) is 14.0. The van der Waals surface area contributed by atoms with Crippen LogP contribution < -0.4 is 4.90 Å². The number of benzene rings is 2. The Morgan fingerprint density at radius 3 is 2.74 bits per heavy atom. The molecule has 0 N–H and O–H groups in total. The summed E-state index contributed by atoms with van der Waals surface area (Å²) < 4.78 is 5.73. The Labute approximate surface area is 173 Å². The summed E-state index contributed by atoms with van der Waals surface area (Å²) in [6.07, 6.45) is 0. The lowest BCUT2D eigenvalue weighted by molar-refractivity contribution is -0.118. The van der Waals surface area contributed by atoms with Crippen LogP contribution in [0.5, 0.6) is 0 Å². The summed E-state index contributed by atoms with van der Waals surface area (Å²) in [7, 11) is 1.78. The second-order valence-corrected chi connectivity index (χ2v) is 7.90. The van der Waals surface area contributed by atoms with Gasteiger partial charge in [0.1, 0.15) is 16.7 Å². The molecule has 1 heterocycles. The average molecular weight is 464 g/mol. The topological polar surface area (TPSA) is 70.4 Å². The summed E-state index contributed by atoms with van der Waals surface area (Å²) in [6, 6.07) is 14.3. The van der Waals surface area contributed by atoms with Crippen LogP contribution in [0.25, 0.3) is 0 Å². The summed E-state index contributed by atoms with van der Waals surface area (Å²) in [5.41, 5.74) is 1.01. The van der Waals surface area contributed by atoms with Crippen molar-refractivity contribution in [3.05, 3.63) is 68.1 Å². The van der Waals surface area contributed by atoms with E-state index >= 15 is 0 Å². The lowest BCUT2D eigenvalue weighted by Crippen LogP contribution is -2.20. The molecule has 5 nitrogen and oxygen atoms in total. The minimum atomic E-state index is -0.729. The van der Waals surface area contributed by atoms with Gasteiger partial charge in [0, 0.05) is 16.4 Å². The Morgan fingerprint density at radius 1 is 1.30 bits per heavy atom. The highest BCUT2D eigenvalue weighted by Gasteiger charge is 2.28. The van der Waals surface area contributed by atoms with Crippen LogP contribution >= 0.6 is 39.3 Å². The largest absolute Gasteiger partial charge is 0.454 e. The number of carbonyl (C=O) groups is 2. The smallest absolute Gasteiger partial charge is 0.340 e. The quantitative estimate of drug-likeness (QED) is 0.368. The van der Waals surface area contributed by atoms with E-state index in [1.165, 1.54) is 17.8 Å². The van der Waals surface area contributed by atoms with Crippen molar-refractivity contribution in [2.24, 2.45) is 0 Å². The van der Waals surface area contributed by atoms with Crippen molar-refractivity contribution in [1.29, 1.82) is 5.26 Å². The number of Topliss-reactive ketones (excluding diaryl/α,β-unsaturated/α-hetero) is 1. The summed E-state index contributed by atoms with van der Waals surface area (Å²) >= 11 is 10.6. The van der Waals surface area contributed by atoms with E-state index in [2.05, 4.69) is 15.9 Å². The predicted octanol–water partition coefficient (Wildman–Crippen LogP) is 4.81. The van der Waals surface area contributed by atoms with Crippen molar-refractivity contribution in [3.63, 3.8) is 0 Å². The number of anilines is 1. The molecular weight excluding hydrogens is 452 g/mol. The van der Waals surface area contributed by atoms with Crippen LogP contribution in [-0.2, 0) is 9.53 Å². The van der Waals surface area contributed by atoms with E-state index in [9.17, 15) is 14.9 Å². The molecule has 0 spiro atoms. The van der Waals surface area contributed by atoms with Crippen LogP contribution in [0, 0.1) is 11.3 Å². The molecule has 27 heavy (non-hydrogen) atoms. The van der Waals surface area contributed by atoms with Crippen LogP contribution in [0.2, 0.25) is 5.02 Å². The van der Waals surface area contributed by atoms with Crippen LogP contribution in [0.3, 0.4) is 0 Å². The SMILES string of the molecule is CN1/C(=C(\C#N)C(=O)COC(=O)c2cc(Br)ccc2Cl)Sc2ccccc21. The van der Waals surface area contributed by atoms with Crippen molar-refractivity contribution < 1.29 is 14.3 Å². The van der Waals surface area contributed by atoms with Crippen molar-refractivity contribution in [2.45, 2.75) is 4.90 Å². The highest BCUT2D eigenvalue weighted by molar-refractivity contribution is 9.10. The molecule has 3 rings (SSSR count). The minimum Gasteiger partial charge on any atom is -0.454 e. The van der Waals surface area contributed by atoms with E-state index in [1.54, 1.807) is 24.1 Å². The van der Waals surface area contributed by atoms with E-state index < -0.39 is 18.4 Å². The van der Waals surface area contributed by atoms with Gasteiger partial charge >= 0.3 is 5.97 Å². The van der Waals surface area contributed by atoms with Gasteiger partial charge in [-0.1, -0.05) is 51.4 Å². The fraction of sp³-hybridized carbons (Fsp3) is 0.105. The molecule has 0 radical (unpaired) electrons. The minimum absolute atomic E-state index is 0.0492. The predicted molar refractivity (Wildman–Crippen MR) is 108 cm³/mol. The van der Waals surface area contributed by atoms with Crippen molar-refractivity contribution >= 4 is 56.7 Å². The Balaban J connectivity index is 1.76. The zero-order valence-corrected chi connectivity index (χ0v) is 17.2. The molecule has 8 heteroatoms. The maximum Gasteiger partial charge on any atom is 0.340 e. The molecule has 0 fully saturated rings. The maximum absolute atomic E-state index is 12.5. The van der Waals surface area contributed by atoms with Crippen molar-refractivity contribution in [2.75, 3.05) is 18.6 Å². The number of carbonyl (C=O) groups excluding carboxylic acids is 2. The number of esters is 1. The summed E-state index contributed by atoms with van der Waals surface area (Å²) in [5, 5.41) is 10.2. The molecule has 0 amide bonds. The van der Waals surface area contributed by atoms with Gasteiger partial charge in [-0.2, -0.15) is 5.26 Å². The van der Waals surface area contributed by atoms with Gasteiger partial charge in [0.2, 0.25) is 5.78 Å². The summed E-state index contributed by atoms with van der Waals surface area (Å²) in [4.78, 5) is 27.4. The number of thioether (sulfide) groups is 1. The number of halogens is 2. The number of ether oxygens (including phenoxy) is 1. The molecule has 0 aliphatic carbocycles. The monoisotopic (exact) mass is 462 g/mol. The van der Waals surface area contributed by atoms with Crippen LogP contribution in [0.15, 0.2) is 62.4 Å².